The molecule has 0 aliphatic carbocycles. The van der Waals surface area contributed by atoms with Crippen LogP contribution in [0.25, 0.3) is 0 Å². The standard InChI is InChI=1S/C8H13N3O/c1-11-4-7(3-10-11)2-8(12)5-9-6-8/h3-4,9,12H,2,5-6H2,1H3. The molecule has 0 aromatic carbocycles. The second-order valence-electron chi connectivity index (χ2n) is 3.53. The minimum Gasteiger partial charge on any atom is -0.387 e. The SMILES string of the molecule is Cn1cc(CC2(O)CNC2)cn1. The molecule has 0 amide bonds. The van der Waals surface area contributed by atoms with Crippen molar-refractivity contribution in [2.24, 2.45) is 7.05 Å². The number of nitrogens with zero attached hydrogens (tertiary/aromatic N) is 2. The minimum atomic E-state index is -0.525. The normalized spacial score (nSPS) is 20.5. The van der Waals surface area contributed by atoms with E-state index in [0.717, 1.165) is 5.56 Å². The molecule has 0 saturated carbocycles. The maximum absolute atomic E-state index is 9.77. The summed E-state index contributed by atoms with van der Waals surface area (Å²) in [6.45, 7) is 1.39. The Morgan fingerprint density at radius 1 is 1.75 bits per heavy atom. The third-order valence-electron chi connectivity index (χ3n) is 2.20. The predicted octanol–water partition coefficient (Wildman–Crippen LogP) is -0.703. The molecular formula is C8H13N3O. The Hall–Kier alpha value is -0.870. The Morgan fingerprint density at radius 2 is 2.50 bits per heavy atom. The number of hydrogen-bond donors (Lipinski definition) is 2. The molecule has 66 valence electrons. The third-order valence-corrected chi connectivity index (χ3v) is 2.20. The van der Waals surface area contributed by atoms with Crippen molar-refractivity contribution in [1.29, 1.82) is 0 Å². The van der Waals surface area contributed by atoms with E-state index < -0.39 is 5.60 Å². The molecule has 4 heteroatoms. The summed E-state index contributed by atoms with van der Waals surface area (Å²) in [6.07, 6.45) is 4.44. The summed E-state index contributed by atoms with van der Waals surface area (Å²) < 4.78 is 1.75. The molecule has 1 aromatic heterocycles. The Kier molecular flexibility index (Phi) is 1.66. The summed E-state index contributed by atoms with van der Waals surface area (Å²) in [6, 6.07) is 0. The van der Waals surface area contributed by atoms with Crippen LogP contribution in [0.4, 0.5) is 0 Å². The molecule has 0 spiro atoms. The Bertz CT molecular complexity index is 278. The highest BCUT2D eigenvalue weighted by molar-refractivity contribution is 5.11. The molecule has 0 atom stereocenters. The van der Waals surface area contributed by atoms with Crippen LogP contribution in [0.2, 0.25) is 0 Å². The topological polar surface area (TPSA) is 50.1 Å². The number of aryl methyl sites for hydroxylation is 1. The van der Waals surface area contributed by atoms with Gasteiger partial charge in [-0.2, -0.15) is 5.10 Å². The first kappa shape index (κ1) is 7.76. The number of nitrogens with one attached hydrogen (secondary N) is 1. The zero-order valence-corrected chi connectivity index (χ0v) is 7.12. The van der Waals surface area contributed by atoms with Gasteiger partial charge < -0.3 is 10.4 Å². The van der Waals surface area contributed by atoms with E-state index in [1.807, 2.05) is 13.2 Å². The van der Waals surface area contributed by atoms with Crippen LogP contribution in [0.15, 0.2) is 12.4 Å². The van der Waals surface area contributed by atoms with E-state index in [1.165, 1.54) is 0 Å². The first-order chi connectivity index (χ1) is 5.68. The van der Waals surface area contributed by atoms with E-state index in [0.29, 0.717) is 19.5 Å². The number of β-amino-alcohol motifs (C(OH)–C–C–N with tert-alkyl or cyclic N) is 1. The lowest BCUT2D eigenvalue weighted by atomic mass is 9.90. The first-order valence-electron chi connectivity index (χ1n) is 4.09. The molecule has 4 nitrogen and oxygen atoms in total. The van der Waals surface area contributed by atoms with Crippen LogP contribution < -0.4 is 5.32 Å². The summed E-state index contributed by atoms with van der Waals surface area (Å²) in [5.74, 6) is 0. The highest BCUT2D eigenvalue weighted by atomic mass is 16.3. The maximum atomic E-state index is 9.77. The van der Waals surface area contributed by atoms with Gasteiger partial charge in [-0.3, -0.25) is 4.68 Å². The lowest BCUT2D eigenvalue weighted by Crippen LogP contribution is -2.60. The Morgan fingerprint density at radius 3 is 2.92 bits per heavy atom. The molecule has 2 N–H and O–H groups in total. The van der Waals surface area contributed by atoms with Gasteiger partial charge in [0.1, 0.15) is 0 Å². The number of hydrogen-bond acceptors (Lipinski definition) is 3. The molecule has 0 bridgehead atoms. The zero-order valence-electron chi connectivity index (χ0n) is 7.12. The number of aliphatic hydroxyl groups is 1. The summed E-state index contributed by atoms with van der Waals surface area (Å²) in [5.41, 5.74) is 0.574. The fourth-order valence-corrected chi connectivity index (χ4v) is 1.48. The van der Waals surface area contributed by atoms with E-state index in [9.17, 15) is 5.11 Å². The maximum Gasteiger partial charge on any atom is 0.0936 e. The summed E-state index contributed by atoms with van der Waals surface area (Å²) in [7, 11) is 1.88. The molecule has 0 radical (unpaired) electrons. The van der Waals surface area contributed by atoms with Gasteiger partial charge in [0.2, 0.25) is 0 Å². The molecule has 2 heterocycles. The number of rotatable bonds is 2. The van der Waals surface area contributed by atoms with Gasteiger partial charge in [0.05, 0.1) is 11.8 Å². The van der Waals surface area contributed by atoms with E-state index in [4.69, 9.17) is 0 Å². The van der Waals surface area contributed by atoms with Crippen LogP contribution in [0, 0.1) is 0 Å². The van der Waals surface area contributed by atoms with Gasteiger partial charge in [0, 0.05) is 32.8 Å². The summed E-state index contributed by atoms with van der Waals surface area (Å²) >= 11 is 0. The molecule has 1 saturated heterocycles. The lowest BCUT2D eigenvalue weighted by molar-refractivity contribution is -0.00903. The number of aromatic nitrogens is 2. The lowest BCUT2D eigenvalue weighted by Gasteiger charge is -2.37. The minimum absolute atomic E-state index is 0.525. The monoisotopic (exact) mass is 167 g/mol. The van der Waals surface area contributed by atoms with E-state index in [-0.39, 0.29) is 0 Å². The van der Waals surface area contributed by atoms with Crippen molar-refractivity contribution in [3.05, 3.63) is 18.0 Å². The smallest absolute Gasteiger partial charge is 0.0936 e. The van der Waals surface area contributed by atoms with Crippen molar-refractivity contribution in [3.8, 4) is 0 Å². The fourth-order valence-electron chi connectivity index (χ4n) is 1.48. The van der Waals surface area contributed by atoms with Crippen LogP contribution in [0.3, 0.4) is 0 Å². The molecule has 1 aromatic rings. The van der Waals surface area contributed by atoms with Crippen LogP contribution in [0.1, 0.15) is 5.56 Å². The second-order valence-corrected chi connectivity index (χ2v) is 3.53. The van der Waals surface area contributed by atoms with Gasteiger partial charge in [-0.05, 0) is 5.56 Å². The van der Waals surface area contributed by atoms with Crippen molar-refractivity contribution in [1.82, 2.24) is 15.1 Å². The summed E-state index contributed by atoms with van der Waals surface area (Å²) in [4.78, 5) is 0. The van der Waals surface area contributed by atoms with Gasteiger partial charge in [-0.15, -0.1) is 0 Å². The van der Waals surface area contributed by atoms with Crippen molar-refractivity contribution in [2.45, 2.75) is 12.0 Å². The zero-order chi connectivity index (χ0) is 8.60. The molecular weight excluding hydrogens is 154 g/mol. The average molecular weight is 167 g/mol. The van der Waals surface area contributed by atoms with Crippen LogP contribution in [0.5, 0.6) is 0 Å². The molecule has 1 aliphatic heterocycles. The van der Waals surface area contributed by atoms with E-state index >= 15 is 0 Å². The van der Waals surface area contributed by atoms with Crippen LogP contribution >= 0.6 is 0 Å². The Labute approximate surface area is 71.2 Å². The van der Waals surface area contributed by atoms with Crippen molar-refractivity contribution in [3.63, 3.8) is 0 Å². The second kappa shape index (κ2) is 2.57. The largest absolute Gasteiger partial charge is 0.387 e. The van der Waals surface area contributed by atoms with Gasteiger partial charge in [-0.1, -0.05) is 0 Å². The van der Waals surface area contributed by atoms with E-state index in [2.05, 4.69) is 10.4 Å². The molecule has 12 heavy (non-hydrogen) atoms. The van der Waals surface area contributed by atoms with Gasteiger partial charge in [0.25, 0.3) is 0 Å². The average Bonchev–Trinajstić information content (AvgIpc) is 2.32. The highest BCUT2D eigenvalue weighted by Crippen LogP contribution is 2.16. The molecule has 0 unspecified atom stereocenters. The molecule has 1 fully saturated rings. The van der Waals surface area contributed by atoms with Crippen molar-refractivity contribution in [2.75, 3.05) is 13.1 Å². The van der Waals surface area contributed by atoms with Gasteiger partial charge in [-0.25, -0.2) is 0 Å². The highest BCUT2D eigenvalue weighted by Gasteiger charge is 2.34. The van der Waals surface area contributed by atoms with E-state index in [1.54, 1.807) is 10.9 Å². The van der Waals surface area contributed by atoms with Crippen molar-refractivity contribution >= 4 is 0 Å². The van der Waals surface area contributed by atoms with Crippen LogP contribution in [-0.2, 0) is 13.5 Å². The predicted molar refractivity (Wildman–Crippen MR) is 44.7 cm³/mol. The quantitative estimate of drug-likeness (QED) is 0.612. The van der Waals surface area contributed by atoms with Crippen LogP contribution in [-0.4, -0.2) is 33.6 Å². The van der Waals surface area contributed by atoms with Gasteiger partial charge >= 0.3 is 0 Å². The fraction of sp³-hybridized carbons (Fsp3) is 0.625. The first-order valence-corrected chi connectivity index (χ1v) is 4.09. The molecule has 2 rings (SSSR count). The van der Waals surface area contributed by atoms with Crippen molar-refractivity contribution < 1.29 is 5.11 Å². The Balaban J connectivity index is 2.03. The third kappa shape index (κ3) is 1.35. The van der Waals surface area contributed by atoms with Gasteiger partial charge in [0.15, 0.2) is 0 Å². The molecule has 1 aliphatic rings. The summed E-state index contributed by atoms with van der Waals surface area (Å²) in [5, 5.41) is 16.9.